The summed E-state index contributed by atoms with van der Waals surface area (Å²) in [4.78, 5) is 4.38. The van der Waals surface area contributed by atoms with Gasteiger partial charge in [-0.3, -0.25) is 0 Å². The van der Waals surface area contributed by atoms with Crippen molar-refractivity contribution in [3.05, 3.63) is 36.5 Å². The first-order chi connectivity index (χ1) is 8.27. The fourth-order valence-corrected chi connectivity index (χ4v) is 2.00. The van der Waals surface area contributed by atoms with Crippen molar-refractivity contribution in [1.82, 2.24) is 4.98 Å². The second kappa shape index (κ2) is 5.87. The van der Waals surface area contributed by atoms with Crippen molar-refractivity contribution in [1.29, 1.82) is 0 Å². The van der Waals surface area contributed by atoms with Gasteiger partial charge in [-0.2, -0.15) is 0 Å². The van der Waals surface area contributed by atoms with Crippen LogP contribution in [0.4, 0.5) is 5.82 Å². The zero-order valence-corrected chi connectivity index (χ0v) is 10.7. The van der Waals surface area contributed by atoms with Crippen molar-refractivity contribution in [2.45, 2.75) is 25.1 Å². The summed E-state index contributed by atoms with van der Waals surface area (Å²) in [7, 11) is 0. The van der Waals surface area contributed by atoms with E-state index in [0.717, 1.165) is 25.2 Å². The van der Waals surface area contributed by atoms with E-state index in [4.69, 9.17) is 11.6 Å². The number of fused-ring (bicyclic) bond motifs is 1. The van der Waals surface area contributed by atoms with Crippen LogP contribution in [-0.2, 0) is 0 Å². The van der Waals surface area contributed by atoms with E-state index < -0.39 is 0 Å². The molecule has 0 radical (unpaired) electrons. The van der Waals surface area contributed by atoms with Gasteiger partial charge in [0.25, 0.3) is 0 Å². The quantitative estimate of drug-likeness (QED) is 0.638. The summed E-state index contributed by atoms with van der Waals surface area (Å²) in [5, 5.41) is 6.01. The molecule has 2 aromatic rings. The Balaban J connectivity index is 2.03. The Bertz CT molecular complexity index is 477. The third kappa shape index (κ3) is 3.34. The lowest BCUT2D eigenvalue weighted by Crippen LogP contribution is -2.05. The lowest BCUT2D eigenvalue weighted by molar-refractivity contribution is 0.749. The van der Waals surface area contributed by atoms with Gasteiger partial charge in [-0.1, -0.05) is 24.3 Å². The largest absolute Gasteiger partial charge is 0.370 e. The lowest BCUT2D eigenvalue weighted by atomic mass is 10.1. The Hall–Kier alpha value is -1.28. The molecule has 0 fully saturated rings. The van der Waals surface area contributed by atoms with Gasteiger partial charge in [0.1, 0.15) is 5.82 Å². The summed E-state index contributed by atoms with van der Waals surface area (Å²) in [6.07, 6.45) is 3.93. The van der Waals surface area contributed by atoms with Gasteiger partial charge in [-0.15, -0.1) is 11.6 Å². The molecular weight excluding hydrogens is 232 g/mol. The van der Waals surface area contributed by atoms with Gasteiger partial charge in [-0.05, 0) is 31.2 Å². The molecule has 0 saturated carbocycles. The molecule has 0 saturated heterocycles. The molecule has 0 aliphatic rings. The van der Waals surface area contributed by atoms with Gasteiger partial charge in [-0.25, -0.2) is 4.98 Å². The van der Waals surface area contributed by atoms with Gasteiger partial charge in [0.05, 0.1) is 0 Å². The molecule has 1 unspecified atom stereocenters. The highest BCUT2D eigenvalue weighted by Crippen LogP contribution is 2.20. The van der Waals surface area contributed by atoms with Crippen LogP contribution in [-0.4, -0.2) is 16.9 Å². The minimum absolute atomic E-state index is 0.247. The summed E-state index contributed by atoms with van der Waals surface area (Å²) in [5.41, 5.74) is 0. The number of nitrogens with one attached hydrogen (secondary N) is 1. The van der Waals surface area contributed by atoms with E-state index in [0.29, 0.717) is 0 Å². The highest BCUT2D eigenvalue weighted by molar-refractivity contribution is 6.20. The Morgan fingerprint density at radius 1 is 1.29 bits per heavy atom. The van der Waals surface area contributed by atoms with Gasteiger partial charge < -0.3 is 5.32 Å². The first-order valence-electron chi connectivity index (χ1n) is 5.99. The topological polar surface area (TPSA) is 24.9 Å². The zero-order chi connectivity index (χ0) is 12.1. The van der Waals surface area contributed by atoms with Gasteiger partial charge in [0.15, 0.2) is 0 Å². The summed E-state index contributed by atoms with van der Waals surface area (Å²) in [6.45, 7) is 2.94. The van der Waals surface area contributed by atoms with Crippen molar-refractivity contribution in [3.8, 4) is 0 Å². The van der Waals surface area contributed by atoms with Crippen LogP contribution in [0, 0.1) is 0 Å². The molecule has 0 aliphatic carbocycles. The monoisotopic (exact) mass is 248 g/mol. The molecule has 1 N–H and O–H groups in total. The number of hydrogen-bond donors (Lipinski definition) is 1. The van der Waals surface area contributed by atoms with Gasteiger partial charge in [0, 0.05) is 23.5 Å². The van der Waals surface area contributed by atoms with Crippen LogP contribution in [0.25, 0.3) is 10.8 Å². The Morgan fingerprint density at radius 3 is 2.94 bits per heavy atom. The standard InChI is InChI=1S/C14H17ClN2/c1-11(15)5-4-9-16-14-13-7-3-2-6-12(13)8-10-17-14/h2-3,6-8,10-11H,4-5,9H2,1H3,(H,16,17). The number of hydrogen-bond acceptors (Lipinski definition) is 2. The van der Waals surface area contributed by atoms with Gasteiger partial charge in [0.2, 0.25) is 0 Å². The number of anilines is 1. The second-order valence-corrected chi connectivity index (χ2v) is 4.98. The SMILES string of the molecule is CC(Cl)CCCNc1nccc2ccccc12. The smallest absolute Gasteiger partial charge is 0.133 e. The van der Waals surface area contributed by atoms with E-state index >= 15 is 0 Å². The number of alkyl halides is 1. The van der Waals surface area contributed by atoms with E-state index in [2.05, 4.69) is 22.4 Å². The molecule has 0 aliphatic heterocycles. The fraction of sp³-hybridized carbons (Fsp3) is 0.357. The minimum Gasteiger partial charge on any atom is -0.370 e. The number of aromatic nitrogens is 1. The minimum atomic E-state index is 0.247. The molecule has 0 spiro atoms. The molecule has 1 atom stereocenters. The average molecular weight is 249 g/mol. The maximum Gasteiger partial charge on any atom is 0.133 e. The lowest BCUT2D eigenvalue weighted by Gasteiger charge is -2.09. The first kappa shape index (κ1) is 12.2. The highest BCUT2D eigenvalue weighted by atomic mass is 35.5. The van der Waals surface area contributed by atoms with E-state index in [-0.39, 0.29) is 5.38 Å². The summed E-state index contributed by atoms with van der Waals surface area (Å²) in [5.74, 6) is 0.963. The van der Waals surface area contributed by atoms with Crippen LogP contribution in [0.3, 0.4) is 0 Å². The van der Waals surface area contributed by atoms with Crippen molar-refractivity contribution in [2.75, 3.05) is 11.9 Å². The van der Waals surface area contributed by atoms with Crippen molar-refractivity contribution < 1.29 is 0 Å². The summed E-state index contributed by atoms with van der Waals surface area (Å²) in [6, 6.07) is 10.3. The first-order valence-corrected chi connectivity index (χ1v) is 6.42. The highest BCUT2D eigenvalue weighted by Gasteiger charge is 2.01. The molecular formula is C14H17ClN2. The van der Waals surface area contributed by atoms with Crippen LogP contribution < -0.4 is 5.32 Å². The Morgan fingerprint density at radius 2 is 2.12 bits per heavy atom. The molecule has 1 aromatic heterocycles. The number of halogens is 1. The molecule has 90 valence electrons. The normalized spacial score (nSPS) is 12.6. The number of rotatable bonds is 5. The molecule has 2 rings (SSSR count). The third-order valence-electron chi connectivity index (χ3n) is 2.74. The van der Waals surface area contributed by atoms with E-state index in [1.807, 2.05) is 31.3 Å². The van der Waals surface area contributed by atoms with E-state index in [1.54, 1.807) is 0 Å². The van der Waals surface area contributed by atoms with E-state index in [9.17, 15) is 0 Å². The second-order valence-electron chi connectivity index (χ2n) is 4.23. The predicted octanol–water partition coefficient (Wildman–Crippen LogP) is 4.05. The molecule has 3 heteroatoms. The van der Waals surface area contributed by atoms with Gasteiger partial charge >= 0.3 is 0 Å². The molecule has 2 nitrogen and oxygen atoms in total. The van der Waals surface area contributed by atoms with Crippen molar-refractivity contribution in [3.63, 3.8) is 0 Å². The molecule has 1 heterocycles. The zero-order valence-electron chi connectivity index (χ0n) is 9.99. The van der Waals surface area contributed by atoms with E-state index in [1.165, 1.54) is 10.8 Å². The number of nitrogens with zero attached hydrogens (tertiary/aromatic N) is 1. The third-order valence-corrected chi connectivity index (χ3v) is 2.96. The number of pyridine rings is 1. The molecule has 0 bridgehead atoms. The molecule has 0 amide bonds. The average Bonchev–Trinajstić information content (AvgIpc) is 2.34. The fourth-order valence-electron chi connectivity index (χ4n) is 1.85. The molecule has 17 heavy (non-hydrogen) atoms. The summed E-state index contributed by atoms with van der Waals surface area (Å²) >= 11 is 5.91. The summed E-state index contributed by atoms with van der Waals surface area (Å²) < 4.78 is 0. The van der Waals surface area contributed by atoms with Crippen molar-refractivity contribution >= 4 is 28.2 Å². The van der Waals surface area contributed by atoms with Crippen LogP contribution >= 0.6 is 11.6 Å². The maximum absolute atomic E-state index is 5.91. The van der Waals surface area contributed by atoms with Crippen LogP contribution in [0.2, 0.25) is 0 Å². The Kier molecular flexibility index (Phi) is 4.21. The molecule has 1 aromatic carbocycles. The van der Waals surface area contributed by atoms with Crippen molar-refractivity contribution in [2.24, 2.45) is 0 Å². The maximum atomic E-state index is 5.91. The van der Waals surface area contributed by atoms with Crippen LogP contribution in [0.1, 0.15) is 19.8 Å². The Labute approximate surface area is 107 Å². The number of benzene rings is 1. The van der Waals surface area contributed by atoms with Crippen LogP contribution in [0.5, 0.6) is 0 Å². The predicted molar refractivity (Wildman–Crippen MR) is 74.8 cm³/mol. The van der Waals surface area contributed by atoms with Crippen LogP contribution in [0.15, 0.2) is 36.5 Å².